The highest BCUT2D eigenvalue weighted by Gasteiger charge is 2.24. The zero-order valence-corrected chi connectivity index (χ0v) is 14.4. The van der Waals surface area contributed by atoms with Crippen molar-refractivity contribution in [2.45, 2.75) is 19.1 Å². The number of benzene rings is 2. The van der Waals surface area contributed by atoms with Crippen LogP contribution in [0.4, 0.5) is 0 Å². The zero-order valence-electron chi connectivity index (χ0n) is 14.4. The number of hydrogen-bond acceptors (Lipinski definition) is 4. The summed E-state index contributed by atoms with van der Waals surface area (Å²) in [6, 6.07) is 15.7. The number of ether oxygens (including phenoxy) is 1. The number of methoxy groups -OCH3 is 1. The zero-order chi connectivity index (χ0) is 17.6. The maximum absolute atomic E-state index is 12.2. The number of β-amino-alcohol motifs (C(OH)–C–C–N with tert-alkyl or cyclic N) is 1. The van der Waals surface area contributed by atoms with E-state index in [0.717, 1.165) is 28.9 Å². The standard InChI is InChI=1S/C20H24N2O3/c1-25-17-8-6-15(7-9-17)10-11-21-20(24)14-22-12-16-4-2-3-5-18(16)19(23)13-22/h2-9,19,23H,10-14H2,1H3,(H,21,24)/t19-/m1/s1. The van der Waals surface area contributed by atoms with Crippen LogP contribution in [-0.2, 0) is 17.8 Å². The second-order valence-electron chi connectivity index (χ2n) is 6.33. The molecule has 25 heavy (non-hydrogen) atoms. The topological polar surface area (TPSA) is 61.8 Å². The fraction of sp³-hybridized carbons (Fsp3) is 0.350. The Morgan fingerprint density at radius 3 is 2.76 bits per heavy atom. The molecule has 1 heterocycles. The Balaban J connectivity index is 1.45. The van der Waals surface area contributed by atoms with Gasteiger partial charge < -0.3 is 15.2 Å². The Morgan fingerprint density at radius 2 is 2.00 bits per heavy atom. The van der Waals surface area contributed by atoms with Crippen molar-refractivity contribution in [3.8, 4) is 5.75 Å². The van der Waals surface area contributed by atoms with Crippen LogP contribution in [0.3, 0.4) is 0 Å². The van der Waals surface area contributed by atoms with Gasteiger partial charge in [-0.3, -0.25) is 9.69 Å². The lowest BCUT2D eigenvalue weighted by molar-refractivity contribution is -0.122. The Bertz CT molecular complexity index is 715. The third-order valence-corrected chi connectivity index (χ3v) is 4.50. The van der Waals surface area contributed by atoms with Crippen LogP contribution in [0.25, 0.3) is 0 Å². The first kappa shape index (κ1) is 17.5. The molecule has 1 atom stereocenters. The van der Waals surface area contributed by atoms with Crippen molar-refractivity contribution in [2.75, 3.05) is 26.7 Å². The number of amides is 1. The number of carbonyl (C=O) groups is 1. The summed E-state index contributed by atoms with van der Waals surface area (Å²) >= 11 is 0. The van der Waals surface area contributed by atoms with Gasteiger partial charge in [0.05, 0.1) is 19.8 Å². The van der Waals surface area contributed by atoms with Crippen molar-refractivity contribution < 1.29 is 14.6 Å². The van der Waals surface area contributed by atoms with E-state index in [-0.39, 0.29) is 5.91 Å². The second kappa shape index (κ2) is 8.14. The number of aliphatic hydroxyl groups is 1. The van der Waals surface area contributed by atoms with Gasteiger partial charge in [0.2, 0.25) is 5.91 Å². The lowest BCUT2D eigenvalue weighted by Gasteiger charge is -2.31. The third-order valence-electron chi connectivity index (χ3n) is 4.50. The van der Waals surface area contributed by atoms with Crippen molar-refractivity contribution in [3.63, 3.8) is 0 Å². The molecule has 0 fully saturated rings. The number of hydrogen-bond donors (Lipinski definition) is 2. The molecule has 0 unspecified atom stereocenters. The fourth-order valence-corrected chi connectivity index (χ4v) is 3.17. The first-order valence-electron chi connectivity index (χ1n) is 8.53. The maximum Gasteiger partial charge on any atom is 0.234 e. The maximum atomic E-state index is 12.2. The molecule has 5 nitrogen and oxygen atoms in total. The molecule has 2 aromatic carbocycles. The number of carbonyl (C=O) groups excluding carboxylic acids is 1. The van der Waals surface area contributed by atoms with Gasteiger partial charge in [0.1, 0.15) is 5.75 Å². The van der Waals surface area contributed by atoms with E-state index in [1.165, 1.54) is 0 Å². The minimum absolute atomic E-state index is 0.0138. The van der Waals surface area contributed by atoms with Gasteiger partial charge in [0, 0.05) is 19.6 Å². The van der Waals surface area contributed by atoms with Gasteiger partial charge in [-0.15, -0.1) is 0 Å². The minimum atomic E-state index is -0.531. The number of nitrogens with one attached hydrogen (secondary N) is 1. The molecule has 0 saturated heterocycles. The molecule has 1 aliphatic heterocycles. The minimum Gasteiger partial charge on any atom is -0.497 e. The normalized spacial score (nSPS) is 17.0. The molecular weight excluding hydrogens is 316 g/mol. The van der Waals surface area contributed by atoms with Crippen LogP contribution in [0.15, 0.2) is 48.5 Å². The lowest BCUT2D eigenvalue weighted by Crippen LogP contribution is -2.41. The number of rotatable bonds is 6. The van der Waals surface area contributed by atoms with Crippen molar-refractivity contribution >= 4 is 5.91 Å². The highest BCUT2D eigenvalue weighted by atomic mass is 16.5. The van der Waals surface area contributed by atoms with Gasteiger partial charge in [-0.05, 0) is 35.2 Å². The molecule has 0 bridgehead atoms. The molecule has 1 amide bonds. The molecule has 132 valence electrons. The van der Waals surface area contributed by atoms with Gasteiger partial charge in [-0.25, -0.2) is 0 Å². The lowest BCUT2D eigenvalue weighted by atomic mass is 9.97. The van der Waals surface area contributed by atoms with Crippen LogP contribution in [0, 0.1) is 0 Å². The molecular formula is C20H24N2O3. The summed E-state index contributed by atoms with van der Waals surface area (Å²) in [5.41, 5.74) is 3.22. The van der Waals surface area contributed by atoms with Crippen LogP contribution in [-0.4, -0.2) is 42.7 Å². The molecule has 2 N–H and O–H groups in total. The molecule has 3 rings (SSSR count). The summed E-state index contributed by atoms with van der Waals surface area (Å²) in [5.74, 6) is 0.816. The summed E-state index contributed by atoms with van der Waals surface area (Å²) in [7, 11) is 1.64. The third kappa shape index (κ3) is 4.59. The van der Waals surface area contributed by atoms with E-state index in [1.807, 2.05) is 53.4 Å². The number of nitrogens with zero attached hydrogens (tertiary/aromatic N) is 1. The van der Waals surface area contributed by atoms with E-state index in [2.05, 4.69) is 5.32 Å². The predicted octanol–water partition coefficient (Wildman–Crippen LogP) is 1.90. The van der Waals surface area contributed by atoms with Gasteiger partial charge >= 0.3 is 0 Å². The first-order valence-corrected chi connectivity index (χ1v) is 8.53. The Labute approximate surface area is 148 Å². The molecule has 0 aromatic heterocycles. The molecule has 0 aliphatic carbocycles. The summed E-state index contributed by atoms with van der Waals surface area (Å²) in [6.07, 6.45) is 0.248. The average molecular weight is 340 g/mol. The van der Waals surface area contributed by atoms with Crippen LogP contribution >= 0.6 is 0 Å². The van der Waals surface area contributed by atoms with E-state index in [1.54, 1.807) is 7.11 Å². The van der Waals surface area contributed by atoms with E-state index >= 15 is 0 Å². The SMILES string of the molecule is COc1ccc(CCNC(=O)CN2Cc3ccccc3[C@H](O)C2)cc1. The van der Waals surface area contributed by atoms with Crippen molar-refractivity contribution in [3.05, 3.63) is 65.2 Å². The van der Waals surface area contributed by atoms with E-state index < -0.39 is 6.10 Å². The quantitative estimate of drug-likeness (QED) is 0.843. The summed E-state index contributed by atoms with van der Waals surface area (Å²) < 4.78 is 5.13. The molecule has 1 aliphatic rings. The van der Waals surface area contributed by atoms with Gasteiger partial charge in [0.15, 0.2) is 0 Å². The molecule has 0 radical (unpaired) electrons. The predicted molar refractivity (Wildman–Crippen MR) is 96.4 cm³/mol. The largest absolute Gasteiger partial charge is 0.497 e. The van der Waals surface area contributed by atoms with Gasteiger partial charge in [-0.2, -0.15) is 0 Å². The average Bonchev–Trinajstić information content (AvgIpc) is 2.62. The Hall–Kier alpha value is -2.37. The highest BCUT2D eigenvalue weighted by Crippen LogP contribution is 2.25. The van der Waals surface area contributed by atoms with E-state index in [0.29, 0.717) is 26.2 Å². The Morgan fingerprint density at radius 1 is 1.24 bits per heavy atom. The summed E-state index contributed by atoms with van der Waals surface area (Å²) in [5, 5.41) is 13.2. The smallest absolute Gasteiger partial charge is 0.234 e. The van der Waals surface area contributed by atoms with Crippen molar-refractivity contribution in [2.24, 2.45) is 0 Å². The molecule has 0 spiro atoms. The van der Waals surface area contributed by atoms with Crippen molar-refractivity contribution in [1.29, 1.82) is 0 Å². The summed E-state index contributed by atoms with van der Waals surface area (Å²) in [6.45, 7) is 2.08. The van der Waals surface area contributed by atoms with Crippen LogP contribution in [0.2, 0.25) is 0 Å². The monoisotopic (exact) mass is 340 g/mol. The summed E-state index contributed by atoms with van der Waals surface area (Å²) in [4.78, 5) is 14.1. The van der Waals surface area contributed by atoms with Crippen LogP contribution in [0.5, 0.6) is 5.75 Å². The Kier molecular flexibility index (Phi) is 5.68. The van der Waals surface area contributed by atoms with Gasteiger partial charge in [0.25, 0.3) is 0 Å². The molecule has 2 aromatic rings. The van der Waals surface area contributed by atoms with Crippen LogP contribution < -0.4 is 10.1 Å². The van der Waals surface area contributed by atoms with E-state index in [4.69, 9.17) is 4.74 Å². The fourth-order valence-electron chi connectivity index (χ4n) is 3.17. The molecule has 0 saturated carbocycles. The number of aliphatic hydroxyl groups excluding tert-OH is 1. The van der Waals surface area contributed by atoms with Crippen molar-refractivity contribution in [1.82, 2.24) is 10.2 Å². The highest BCUT2D eigenvalue weighted by molar-refractivity contribution is 5.78. The van der Waals surface area contributed by atoms with Gasteiger partial charge in [-0.1, -0.05) is 36.4 Å². The first-order chi connectivity index (χ1) is 12.2. The number of fused-ring (bicyclic) bond motifs is 1. The van der Waals surface area contributed by atoms with E-state index in [9.17, 15) is 9.90 Å². The molecule has 5 heteroatoms. The van der Waals surface area contributed by atoms with Crippen LogP contribution in [0.1, 0.15) is 22.8 Å². The second-order valence-corrected chi connectivity index (χ2v) is 6.33.